The van der Waals surface area contributed by atoms with E-state index in [1.165, 1.54) is 0 Å². The van der Waals surface area contributed by atoms with Crippen molar-refractivity contribution >= 4 is 15.9 Å². The zero-order valence-corrected chi connectivity index (χ0v) is 7.85. The standard InChI is InChI=1S/C8H10BrNO/c1-5-7(9)2-6(4-10)3-8(5)11/h2-3,11H,4,10H2,1H3. The highest BCUT2D eigenvalue weighted by atomic mass is 79.9. The molecule has 3 N–H and O–H groups in total. The summed E-state index contributed by atoms with van der Waals surface area (Å²) in [6.07, 6.45) is 0. The highest BCUT2D eigenvalue weighted by molar-refractivity contribution is 9.10. The van der Waals surface area contributed by atoms with E-state index in [2.05, 4.69) is 15.9 Å². The topological polar surface area (TPSA) is 46.2 Å². The molecule has 0 aliphatic rings. The Morgan fingerprint density at radius 1 is 1.55 bits per heavy atom. The lowest BCUT2D eigenvalue weighted by molar-refractivity contribution is 0.470. The van der Waals surface area contributed by atoms with Crippen LogP contribution < -0.4 is 5.73 Å². The summed E-state index contributed by atoms with van der Waals surface area (Å²) >= 11 is 3.32. The van der Waals surface area contributed by atoms with Crippen molar-refractivity contribution < 1.29 is 5.11 Å². The van der Waals surface area contributed by atoms with E-state index in [9.17, 15) is 5.11 Å². The molecule has 1 rings (SSSR count). The van der Waals surface area contributed by atoms with Crippen LogP contribution in [0.25, 0.3) is 0 Å². The lowest BCUT2D eigenvalue weighted by Gasteiger charge is -2.04. The summed E-state index contributed by atoms with van der Waals surface area (Å²) in [6.45, 7) is 2.30. The number of aromatic hydroxyl groups is 1. The van der Waals surface area contributed by atoms with E-state index in [1.54, 1.807) is 6.07 Å². The van der Waals surface area contributed by atoms with Gasteiger partial charge in [0, 0.05) is 16.6 Å². The molecule has 0 unspecified atom stereocenters. The van der Waals surface area contributed by atoms with Crippen molar-refractivity contribution in [3.63, 3.8) is 0 Å². The van der Waals surface area contributed by atoms with E-state index < -0.39 is 0 Å². The van der Waals surface area contributed by atoms with Crippen LogP contribution in [0.15, 0.2) is 16.6 Å². The van der Waals surface area contributed by atoms with Gasteiger partial charge in [0.2, 0.25) is 0 Å². The molecule has 0 spiro atoms. The van der Waals surface area contributed by atoms with E-state index in [1.807, 2.05) is 13.0 Å². The Morgan fingerprint density at radius 3 is 2.64 bits per heavy atom. The number of rotatable bonds is 1. The molecule has 0 fully saturated rings. The van der Waals surface area contributed by atoms with Gasteiger partial charge in [-0.15, -0.1) is 0 Å². The minimum atomic E-state index is 0.292. The van der Waals surface area contributed by atoms with Crippen molar-refractivity contribution in [2.75, 3.05) is 0 Å². The molecule has 1 aromatic carbocycles. The van der Waals surface area contributed by atoms with Gasteiger partial charge in [0.25, 0.3) is 0 Å². The van der Waals surface area contributed by atoms with Crippen LogP contribution in [0, 0.1) is 6.92 Å². The molecule has 0 heterocycles. The fraction of sp³-hybridized carbons (Fsp3) is 0.250. The summed E-state index contributed by atoms with van der Waals surface area (Å²) in [5.74, 6) is 0.292. The highest BCUT2D eigenvalue weighted by Crippen LogP contribution is 2.26. The summed E-state index contributed by atoms with van der Waals surface area (Å²) in [4.78, 5) is 0. The van der Waals surface area contributed by atoms with Crippen LogP contribution in [-0.4, -0.2) is 5.11 Å². The Morgan fingerprint density at radius 2 is 2.18 bits per heavy atom. The predicted molar refractivity (Wildman–Crippen MR) is 48.4 cm³/mol. The average molecular weight is 216 g/mol. The van der Waals surface area contributed by atoms with Gasteiger partial charge >= 0.3 is 0 Å². The lowest BCUT2D eigenvalue weighted by atomic mass is 10.1. The fourth-order valence-corrected chi connectivity index (χ4v) is 1.33. The van der Waals surface area contributed by atoms with Crippen LogP contribution in [0.1, 0.15) is 11.1 Å². The van der Waals surface area contributed by atoms with Crippen molar-refractivity contribution in [2.24, 2.45) is 5.73 Å². The van der Waals surface area contributed by atoms with Crippen LogP contribution in [-0.2, 0) is 6.54 Å². The van der Waals surface area contributed by atoms with Crippen LogP contribution in [0.2, 0.25) is 0 Å². The zero-order valence-electron chi connectivity index (χ0n) is 6.26. The summed E-state index contributed by atoms with van der Waals surface area (Å²) in [7, 11) is 0. The van der Waals surface area contributed by atoms with Crippen molar-refractivity contribution in [1.29, 1.82) is 0 Å². The molecule has 1 aromatic rings. The van der Waals surface area contributed by atoms with Gasteiger partial charge in [0.05, 0.1) is 0 Å². The molecule has 0 bridgehead atoms. The molecule has 0 radical (unpaired) electrons. The van der Waals surface area contributed by atoms with Crippen LogP contribution in [0.4, 0.5) is 0 Å². The quantitative estimate of drug-likeness (QED) is 0.753. The van der Waals surface area contributed by atoms with Crippen LogP contribution in [0.5, 0.6) is 5.75 Å². The Hall–Kier alpha value is -0.540. The Kier molecular flexibility index (Phi) is 2.52. The van der Waals surface area contributed by atoms with Crippen molar-refractivity contribution in [3.05, 3.63) is 27.7 Å². The molecular weight excluding hydrogens is 206 g/mol. The molecule has 0 saturated heterocycles. The number of benzene rings is 1. The maximum absolute atomic E-state index is 9.33. The van der Waals surface area contributed by atoms with Gasteiger partial charge in [0.1, 0.15) is 5.75 Å². The summed E-state index contributed by atoms with van der Waals surface area (Å²) < 4.78 is 0.901. The van der Waals surface area contributed by atoms with Crippen LogP contribution in [0.3, 0.4) is 0 Å². The van der Waals surface area contributed by atoms with Gasteiger partial charge in [-0.3, -0.25) is 0 Å². The average Bonchev–Trinajstić information content (AvgIpc) is 1.99. The smallest absolute Gasteiger partial charge is 0.119 e. The minimum Gasteiger partial charge on any atom is -0.508 e. The van der Waals surface area contributed by atoms with E-state index in [4.69, 9.17) is 5.73 Å². The number of nitrogens with two attached hydrogens (primary N) is 1. The second-order valence-corrected chi connectivity index (χ2v) is 3.28. The number of hydrogen-bond donors (Lipinski definition) is 2. The number of phenols is 1. The number of hydrogen-bond acceptors (Lipinski definition) is 2. The van der Waals surface area contributed by atoms with Crippen molar-refractivity contribution in [2.45, 2.75) is 13.5 Å². The maximum Gasteiger partial charge on any atom is 0.119 e. The minimum absolute atomic E-state index is 0.292. The first-order valence-corrected chi connectivity index (χ1v) is 4.12. The van der Waals surface area contributed by atoms with E-state index >= 15 is 0 Å². The molecular formula is C8H10BrNO. The van der Waals surface area contributed by atoms with Crippen LogP contribution >= 0.6 is 15.9 Å². The number of halogens is 1. The zero-order chi connectivity index (χ0) is 8.43. The molecule has 0 saturated carbocycles. The van der Waals surface area contributed by atoms with Crippen molar-refractivity contribution in [3.8, 4) is 5.75 Å². The molecule has 2 nitrogen and oxygen atoms in total. The van der Waals surface area contributed by atoms with Crippen molar-refractivity contribution in [1.82, 2.24) is 0 Å². The van der Waals surface area contributed by atoms with Gasteiger partial charge in [-0.05, 0) is 24.6 Å². The molecule has 60 valence electrons. The second kappa shape index (κ2) is 3.24. The molecule has 0 atom stereocenters. The third-order valence-electron chi connectivity index (χ3n) is 1.61. The largest absolute Gasteiger partial charge is 0.508 e. The number of phenolic OH excluding ortho intramolecular Hbond substituents is 1. The normalized spacial score (nSPS) is 10.1. The Labute approximate surface area is 74.2 Å². The van der Waals surface area contributed by atoms with E-state index in [-0.39, 0.29) is 0 Å². The van der Waals surface area contributed by atoms with Gasteiger partial charge in [0.15, 0.2) is 0 Å². The highest BCUT2D eigenvalue weighted by Gasteiger charge is 2.02. The summed E-state index contributed by atoms with van der Waals surface area (Å²) in [5, 5.41) is 9.33. The molecule has 0 aliphatic carbocycles. The van der Waals surface area contributed by atoms with Gasteiger partial charge in [-0.25, -0.2) is 0 Å². The van der Waals surface area contributed by atoms with Gasteiger partial charge in [-0.1, -0.05) is 15.9 Å². The van der Waals surface area contributed by atoms with E-state index in [0.29, 0.717) is 12.3 Å². The SMILES string of the molecule is Cc1c(O)cc(CN)cc1Br. The fourth-order valence-electron chi connectivity index (χ4n) is 0.837. The summed E-state index contributed by atoms with van der Waals surface area (Å²) in [6, 6.07) is 3.59. The maximum atomic E-state index is 9.33. The Balaban J connectivity index is 3.21. The first-order valence-electron chi connectivity index (χ1n) is 3.33. The van der Waals surface area contributed by atoms with E-state index in [0.717, 1.165) is 15.6 Å². The first kappa shape index (κ1) is 8.56. The second-order valence-electron chi connectivity index (χ2n) is 2.43. The molecule has 0 aliphatic heterocycles. The monoisotopic (exact) mass is 215 g/mol. The summed E-state index contributed by atoms with van der Waals surface area (Å²) in [5.41, 5.74) is 7.19. The third-order valence-corrected chi connectivity index (χ3v) is 2.44. The third kappa shape index (κ3) is 1.73. The first-order chi connectivity index (χ1) is 5.15. The molecule has 0 amide bonds. The molecule has 11 heavy (non-hydrogen) atoms. The Bertz CT molecular complexity index is 250. The lowest BCUT2D eigenvalue weighted by Crippen LogP contribution is -1.96. The molecule has 3 heteroatoms. The van der Waals surface area contributed by atoms with Gasteiger partial charge < -0.3 is 10.8 Å². The predicted octanol–water partition coefficient (Wildman–Crippen LogP) is 1.92. The van der Waals surface area contributed by atoms with Gasteiger partial charge in [-0.2, -0.15) is 0 Å². The molecule has 0 aromatic heterocycles.